The summed E-state index contributed by atoms with van der Waals surface area (Å²) in [4.78, 5) is 45.1. The topological polar surface area (TPSA) is 82.2 Å². The number of benzene rings is 1. The van der Waals surface area contributed by atoms with Crippen LogP contribution < -0.4 is 15.0 Å². The number of amides is 4. The first-order valence-corrected chi connectivity index (χ1v) is 13.6. The Morgan fingerprint density at radius 3 is 2.75 bits per heavy atom. The lowest BCUT2D eigenvalue weighted by Gasteiger charge is -2.54. The van der Waals surface area contributed by atoms with E-state index in [0.29, 0.717) is 35.7 Å². The Morgan fingerprint density at radius 1 is 1.11 bits per heavy atom. The number of piperidine rings is 3. The van der Waals surface area contributed by atoms with Crippen molar-refractivity contribution in [1.82, 2.24) is 15.1 Å². The zero-order valence-corrected chi connectivity index (χ0v) is 21.0. The van der Waals surface area contributed by atoms with Crippen LogP contribution in [-0.2, 0) is 9.59 Å². The van der Waals surface area contributed by atoms with Crippen LogP contribution in [0.3, 0.4) is 0 Å². The number of hydrogen-bond acceptors (Lipinski definition) is 5. The van der Waals surface area contributed by atoms with Gasteiger partial charge in [0.1, 0.15) is 11.8 Å². The lowest BCUT2D eigenvalue weighted by Crippen LogP contribution is -2.60. The van der Waals surface area contributed by atoms with E-state index in [1.807, 2.05) is 0 Å². The number of carbonyl (C=O) groups is 3. The van der Waals surface area contributed by atoms with Crippen LogP contribution >= 0.6 is 0 Å². The zero-order valence-electron chi connectivity index (χ0n) is 21.0. The number of rotatable bonds is 5. The Morgan fingerprint density at radius 2 is 1.94 bits per heavy atom. The molecule has 0 aromatic heterocycles. The minimum absolute atomic E-state index is 0.106. The first-order chi connectivity index (χ1) is 17.5. The summed E-state index contributed by atoms with van der Waals surface area (Å²) in [5.41, 5.74) is 1.97. The molecule has 8 nitrogen and oxygen atoms in total. The van der Waals surface area contributed by atoms with Gasteiger partial charge >= 0.3 is 6.03 Å². The van der Waals surface area contributed by atoms with Gasteiger partial charge in [-0.3, -0.25) is 14.5 Å². The first-order valence-electron chi connectivity index (χ1n) is 13.6. The minimum atomic E-state index is -0.678. The Balaban J connectivity index is 1.12. The molecule has 0 saturated carbocycles. The summed E-state index contributed by atoms with van der Waals surface area (Å²) in [6, 6.07) is 6.61. The third-order valence-electron chi connectivity index (χ3n) is 8.97. The third-order valence-corrected chi connectivity index (χ3v) is 8.97. The van der Waals surface area contributed by atoms with Gasteiger partial charge in [0.05, 0.1) is 18.8 Å². The maximum absolute atomic E-state index is 13.5. The molecule has 2 bridgehead atoms. The zero-order chi connectivity index (χ0) is 24.8. The smallest absolute Gasteiger partial charge is 0.329 e. The molecule has 192 valence electrons. The van der Waals surface area contributed by atoms with Crippen LogP contribution in [0.25, 0.3) is 0 Å². The fraction of sp³-hybridized carbons (Fsp3) is 0.607. The first kappa shape index (κ1) is 23.5. The fourth-order valence-electron chi connectivity index (χ4n) is 7.37. The van der Waals surface area contributed by atoms with Gasteiger partial charge in [0, 0.05) is 25.6 Å². The number of likely N-dealkylation sites (tertiary alicyclic amines) is 1. The van der Waals surface area contributed by atoms with Crippen LogP contribution in [0.2, 0.25) is 0 Å². The van der Waals surface area contributed by atoms with E-state index in [-0.39, 0.29) is 24.3 Å². The van der Waals surface area contributed by atoms with Crippen LogP contribution in [0.4, 0.5) is 10.5 Å². The SMILES string of the molecule is COc1ccc(N2C(=O)N[C@@H](CCC(=O)N3CCCC4=CC5CC(CN6CCCCC56)C43)C2=O)cc1. The van der Waals surface area contributed by atoms with Crippen molar-refractivity contribution in [3.63, 3.8) is 0 Å². The third kappa shape index (κ3) is 4.09. The summed E-state index contributed by atoms with van der Waals surface area (Å²) in [6.07, 6.45) is 10.3. The van der Waals surface area contributed by atoms with Crippen molar-refractivity contribution in [2.45, 2.75) is 69.5 Å². The fourth-order valence-corrected chi connectivity index (χ4v) is 7.37. The van der Waals surface area contributed by atoms with Gasteiger partial charge in [-0.1, -0.05) is 18.1 Å². The summed E-state index contributed by atoms with van der Waals surface area (Å²) in [5.74, 6) is 1.61. The van der Waals surface area contributed by atoms with E-state index in [4.69, 9.17) is 4.74 Å². The molecule has 4 saturated heterocycles. The molecule has 1 N–H and O–H groups in total. The molecule has 0 radical (unpaired) electrons. The summed E-state index contributed by atoms with van der Waals surface area (Å²) < 4.78 is 5.17. The molecule has 5 aliphatic rings. The number of methoxy groups -OCH3 is 1. The number of urea groups is 1. The molecule has 1 aliphatic carbocycles. The monoisotopic (exact) mass is 492 g/mol. The number of fused-ring (bicyclic) bond motifs is 6. The number of ether oxygens (including phenoxy) is 1. The Labute approximate surface area is 212 Å². The van der Waals surface area contributed by atoms with Crippen molar-refractivity contribution in [1.29, 1.82) is 0 Å². The molecular formula is C28H36N4O4. The van der Waals surface area contributed by atoms with E-state index >= 15 is 0 Å². The van der Waals surface area contributed by atoms with Crippen molar-refractivity contribution in [3.05, 3.63) is 35.9 Å². The number of nitrogens with zero attached hydrogens (tertiary/aromatic N) is 3. The Hall–Kier alpha value is -2.87. The quantitative estimate of drug-likeness (QED) is 0.504. The lowest BCUT2D eigenvalue weighted by molar-refractivity contribution is -0.136. The van der Waals surface area contributed by atoms with Crippen molar-refractivity contribution < 1.29 is 19.1 Å². The standard InChI is InChI=1S/C28H36N4O4/c1-36-22-9-7-21(8-10-22)32-27(34)23(29-28(32)35)11-12-25(33)31-14-4-5-18-15-19-16-20(26(18)31)17-30-13-3-2-6-24(19)30/h7-10,15,19-20,23-24,26H,2-6,11-14,16-17H2,1H3,(H,29,35)/t19?,20?,23-,24?,26?/m0/s1. The molecule has 4 fully saturated rings. The van der Waals surface area contributed by atoms with E-state index in [9.17, 15) is 14.4 Å². The molecule has 4 unspecified atom stereocenters. The predicted molar refractivity (Wildman–Crippen MR) is 136 cm³/mol. The molecule has 5 atom stereocenters. The van der Waals surface area contributed by atoms with Crippen LogP contribution in [0, 0.1) is 11.8 Å². The van der Waals surface area contributed by atoms with Crippen molar-refractivity contribution >= 4 is 23.5 Å². The molecule has 4 heterocycles. The number of imide groups is 1. The van der Waals surface area contributed by atoms with Crippen molar-refractivity contribution in [2.75, 3.05) is 31.6 Å². The average Bonchev–Trinajstić information content (AvgIpc) is 3.19. The molecule has 36 heavy (non-hydrogen) atoms. The molecule has 0 spiro atoms. The number of anilines is 1. The van der Waals surface area contributed by atoms with Gasteiger partial charge in [-0.25, -0.2) is 9.69 Å². The highest BCUT2D eigenvalue weighted by molar-refractivity contribution is 6.21. The highest BCUT2D eigenvalue weighted by Gasteiger charge is 2.47. The average molecular weight is 493 g/mol. The van der Waals surface area contributed by atoms with Gasteiger partial charge in [-0.05, 0) is 81.2 Å². The van der Waals surface area contributed by atoms with Crippen LogP contribution in [0.15, 0.2) is 35.9 Å². The molecule has 1 aromatic rings. The van der Waals surface area contributed by atoms with Crippen LogP contribution in [0.1, 0.15) is 51.4 Å². The van der Waals surface area contributed by atoms with Crippen molar-refractivity contribution in [3.8, 4) is 5.75 Å². The summed E-state index contributed by atoms with van der Waals surface area (Å²) in [5, 5.41) is 2.78. The van der Waals surface area contributed by atoms with Gasteiger partial charge in [-0.15, -0.1) is 0 Å². The maximum atomic E-state index is 13.5. The van der Waals surface area contributed by atoms with Gasteiger partial charge in [0.25, 0.3) is 5.91 Å². The predicted octanol–water partition coefficient (Wildman–Crippen LogP) is 3.32. The molecular weight excluding hydrogens is 456 g/mol. The summed E-state index contributed by atoms with van der Waals surface area (Å²) in [7, 11) is 1.57. The van der Waals surface area contributed by atoms with Crippen LogP contribution in [0.5, 0.6) is 5.75 Å². The highest BCUT2D eigenvalue weighted by atomic mass is 16.5. The minimum Gasteiger partial charge on any atom is -0.497 e. The lowest BCUT2D eigenvalue weighted by atomic mass is 9.68. The molecule has 1 aromatic carbocycles. The summed E-state index contributed by atoms with van der Waals surface area (Å²) in [6.45, 7) is 3.07. The molecule has 4 amide bonds. The van der Waals surface area contributed by atoms with Gasteiger partial charge < -0.3 is 15.0 Å². The number of carbonyl (C=O) groups excluding carboxylic acids is 3. The highest BCUT2D eigenvalue weighted by Crippen LogP contribution is 2.45. The normalized spacial score (nSPS) is 31.9. The Bertz CT molecular complexity index is 1070. The van der Waals surface area contributed by atoms with Crippen molar-refractivity contribution in [2.24, 2.45) is 11.8 Å². The van der Waals surface area contributed by atoms with Crippen LogP contribution in [-0.4, -0.2) is 72.5 Å². The van der Waals surface area contributed by atoms with E-state index in [1.165, 1.54) is 37.8 Å². The number of nitrogens with one attached hydrogen (secondary N) is 1. The summed E-state index contributed by atoms with van der Waals surface area (Å²) >= 11 is 0. The number of hydrogen-bond donors (Lipinski definition) is 1. The van der Waals surface area contributed by atoms with E-state index in [0.717, 1.165) is 30.8 Å². The van der Waals surface area contributed by atoms with E-state index in [1.54, 1.807) is 31.4 Å². The van der Waals surface area contributed by atoms with Gasteiger partial charge in [-0.2, -0.15) is 0 Å². The second-order valence-electron chi connectivity index (χ2n) is 11.0. The Kier molecular flexibility index (Phi) is 6.23. The van der Waals surface area contributed by atoms with Gasteiger partial charge in [0.2, 0.25) is 5.91 Å². The molecule has 8 heteroatoms. The van der Waals surface area contributed by atoms with E-state index in [2.05, 4.69) is 21.2 Å². The van der Waals surface area contributed by atoms with E-state index < -0.39 is 12.1 Å². The largest absolute Gasteiger partial charge is 0.497 e. The molecule has 6 rings (SSSR count). The second kappa shape index (κ2) is 9.54. The maximum Gasteiger partial charge on any atom is 0.329 e. The molecule has 4 aliphatic heterocycles. The van der Waals surface area contributed by atoms with Gasteiger partial charge in [0.15, 0.2) is 0 Å². The second-order valence-corrected chi connectivity index (χ2v) is 11.0.